The van der Waals surface area contributed by atoms with Crippen molar-refractivity contribution in [2.45, 2.75) is 20.0 Å². The predicted octanol–water partition coefficient (Wildman–Crippen LogP) is 2.56. The fraction of sp³-hybridized carbons (Fsp3) is 0.300. The van der Waals surface area contributed by atoms with Crippen molar-refractivity contribution in [3.63, 3.8) is 0 Å². The summed E-state index contributed by atoms with van der Waals surface area (Å²) < 4.78 is 40.8. The lowest BCUT2D eigenvalue weighted by molar-refractivity contribution is -0.116. The maximum absolute atomic E-state index is 12.8. The van der Waals surface area contributed by atoms with Gasteiger partial charge in [-0.25, -0.2) is 4.39 Å². The fourth-order valence-corrected chi connectivity index (χ4v) is 1.17. The van der Waals surface area contributed by atoms with Gasteiger partial charge in [0.1, 0.15) is 17.3 Å². The molecule has 0 radical (unpaired) electrons. The minimum Gasteiger partial charge on any atom is -0.435 e. The normalized spacial score (nSPS) is 10.5. The van der Waals surface area contributed by atoms with Gasteiger partial charge >= 0.3 is 6.61 Å². The van der Waals surface area contributed by atoms with Crippen LogP contribution in [0.2, 0.25) is 0 Å². The second-order valence-electron chi connectivity index (χ2n) is 3.01. The summed E-state index contributed by atoms with van der Waals surface area (Å²) in [5.41, 5.74) is 0.128. The number of hydrogen-bond acceptors (Lipinski definition) is 2. The molecule has 1 aromatic carbocycles. The number of ketones is 1. The minimum atomic E-state index is -2.99. The topological polar surface area (TPSA) is 26.3 Å². The summed E-state index contributed by atoms with van der Waals surface area (Å²) in [6.07, 6.45) is -0.125. The Labute approximate surface area is 84.7 Å². The van der Waals surface area contributed by atoms with Crippen LogP contribution in [0.4, 0.5) is 13.2 Å². The van der Waals surface area contributed by atoms with Crippen molar-refractivity contribution in [3.05, 3.63) is 29.6 Å². The highest BCUT2D eigenvalue weighted by molar-refractivity contribution is 5.78. The second-order valence-corrected chi connectivity index (χ2v) is 3.01. The number of hydrogen-bond donors (Lipinski definition) is 0. The summed E-state index contributed by atoms with van der Waals surface area (Å²) in [7, 11) is 0. The van der Waals surface area contributed by atoms with E-state index in [2.05, 4.69) is 4.74 Å². The molecule has 15 heavy (non-hydrogen) atoms. The SMILES string of the molecule is CC(=O)Cc1cc(F)ccc1OC(F)F. The number of rotatable bonds is 4. The molecule has 0 N–H and O–H groups in total. The van der Waals surface area contributed by atoms with Gasteiger partial charge in [-0.2, -0.15) is 8.78 Å². The quantitative estimate of drug-likeness (QED) is 0.776. The molecule has 1 aromatic rings. The van der Waals surface area contributed by atoms with Gasteiger partial charge < -0.3 is 4.74 Å². The molecular formula is C10H9F3O2. The van der Waals surface area contributed by atoms with E-state index < -0.39 is 12.4 Å². The van der Waals surface area contributed by atoms with Crippen LogP contribution in [0.25, 0.3) is 0 Å². The van der Waals surface area contributed by atoms with Crippen LogP contribution in [0.5, 0.6) is 5.75 Å². The first-order valence-corrected chi connectivity index (χ1v) is 4.21. The Kier molecular flexibility index (Phi) is 3.71. The van der Waals surface area contributed by atoms with E-state index in [1.165, 1.54) is 6.92 Å². The molecule has 1 rings (SSSR count). The molecule has 0 amide bonds. The number of carbonyl (C=O) groups is 1. The lowest BCUT2D eigenvalue weighted by Crippen LogP contribution is -2.06. The Morgan fingerprint density at radius 2 is 2.13 bits per heavy atom. The Bertz CT molecular complexity index is 364. The van der Waals surface area contributed by atoms with Crippen molar-refractivity contribution >= 4 is 5.78 Å². The average Bonchev–Trinajstić information content (AvgIpc) is 2.08. The van der Waals surface area contributed by atoms with Crippen LogP contribution in [-0.2, 0) is 11.2 Å². The Hall–Kier alpha value is -1.52. The van der Waals surface area contributed by atoms with Gasteiger partial charge in [0.25, 0.3) is 0 Å². The highest BCUT2D eigenvalue weighted by Gasteiger charge is 2.11. The zero-order chi connectivity index (χ0) is 11.4. The van der Waals surface area contributed by atoms with Crippen LogP contribution in [0.15, 0.2) is 18.2 Å². The Morgan fingerprint density at radius 1 is 1.47 bits per heavy atom. The Morgan fingerprint density at radius 3 is 2.67 bits per heavy atom. The van der Waals surface area contributed by atoms with Crippen LogP contribution in [-0.4, -0.2) is 12.4 Å². The summed E-state index contributed by atoms with van der Waals surface area (Å²) >= 11 is 0. The second kappa shape index (κ2) is 4.82. The standard InChI is InChI=1S/C10H9F3O2/c1-6(14)4-7-5-8(11)2-3-9(7)15-10(12)13/h2-3,5,10H,4H2,1H3. The fourth-order valence-electron chi connectivity index (χ4n) is 1.17. The smallest absolute Gasteiger partial charge is 0.387 e. The molecule has 2 nitrogen and oxygen atoms in total. The van der Waals surface area contributed by atoms with Crippen molar-refractivity contribution in [2.24, 2.45) is 0 Å². The summed E-state index contributed by atoms with van der Waals surface area (Å²) in [6.45, 7) is -1.70. The molecule has 0 atom stereocenters. The molecule has 0 spiro atoms. The van der Waals surface area contributed by atoms with Gasteiger partial charge in [-0.05, 0) is 25.1 Å². The molecule has 0 saturated heterocycles. The molecule has 0 aliphatic heterocycles. The molecule has 0 fully saturated rings. The van der Waals surface area contributed by atoms with Crippen LogP contribution in [0.1, 0.15) is 12.5 Å². The van der Waals surface area contributed by atoms with Gasteiger partial charge in [-0.15, -0.1) is 0 Å². The van der Waals surface area contributed by atoms with Crippen molar-refractivity contribution in [1.82, 2.24) is 0 Å². The molecule has 0 aliphatic rings. The van der Waals surface area contributed by atoms with Crippen LogP contribution in [0.3, 0.4) is 0 Å². The van der Waals surface area contributed by atoms with Gasteiger partial charge in [0.2, 0.25) is 0 Å². The third kappa shape index (κ3) is 3.61. The molecule has 82 valence electrons. The largest absolute Gasteiger partial charge is 0.435 e. The molecule has 0 aromatic heterocycles. The van der Waals surface area contributed by atoms with E-state index in [9.17, 15) is 18.0 Å². The Balaban J connectivity index is 2.97. The average molecular weight is 218 g/mol. The number of benzene rings is 1. The van der Waals surface area contributed by atoms with Crippen molar-refractivity contribution < 1.29 is 22.7 Å². The summed E-state index contributed by atoms with van der Waals surface area (Å²) in [5.74, 6) is -1.01. The van der Waals surface area contributed by atoms with E-state index in [-0.39, 0.29) is 23.5 Å². The van der Waals surface area contributed by atoms with Gasteiger partial charge in [0, 0.05) is 12.0 Å². The predicted molar refractivity (Wildman–Crippen MR) is 47.4 cm³/mol. The lowest BCUT2D eigenvalue weighted by Gasteiger charge is -2.09. The van der Waals surface area contributed by atoms with Crippen LogP contribution >= 0.6 is 0 Å². The van der Waals surface area contributed by atoms with Crippen LogP contribution < -0.4 is 4.74 Å². The highest BCUT2D eigenvalue weighted by Crippen LogP contribution is 2.22. The first kappa shape index (κ1) is 11.6. The van der Waals surface area contributed by atoms with Gasteiger partial charge in [-0.3, -0.25) is 4.79 Å². The van der Waals surface area contributed by atoms with E-state index >= 15 is 0 Å². The van der Waals surface area contributed by atoms with E-state index in [4.69, 9.17) is 0 Å². The van der Waals surface area contributed by atoms with Crippen molar-refractivity contribution in [2.75, 3.05) is 0 Å². The maximum Gasteiger partial charge on any atom is 0.387 e. The monoisotopic (exact) mass is 218 g/mol. The molecule has 5 heteroatoms. The molecule has 0 unspecified atom stereocenters. The number of alkyl halides is 2. The summed E-state index contributed by atoms with van der Waals surface area (Å²) in [4.78, 5) is 10.8. The molecular weight excluding hydrogens is 209 g/mol. The minimum absolute atomic E-state index is 0.125. The van der Waals surface area contributed by atoms with Crippen LogP contribution in [0, 0.1) is 5.82 Å². The molecule has 0 saturated carbocycles. The number of ether oxygens (including phenoxy) is 1. The number of carbonyl (C=O) groups excluding carboxylic acids is 1. The summed E-state index contributed by atoms with van der Waals surface area (Å²) in [6, 6.07) is 3.10. The van der Waals surface area contributed by atoms with E-state index in [1.807, 2.05) is 0 Å². The third-order valence-electron chi connectivity index (χ3n) is 1.68. The van der Waals surface area contributed by atoms with E-state index in [0.717, 1.165) is 18.2 Å². The summed E-state index contributed by atoms with van der Waals surface area (Å²) in [5, 5.41) is 0. The first-order chi connectivity index (χ1) is 6.99. The zero-order valence-corrected chi connectivity index (χ0v) is 7.97. The van der Waals surface area contributed by atoms with E-state index in [0.29, 0.717) is 0 Å². The third-order valence-corrected chi connectivity index (χ3v) is 1.68. The molecule has 0 aliphatic carbocycles. The lowest BCUT2D eigenvalue weighted by atomic mass is 10.1. The highest BCUT2D eigenvalue weighted by atomic mass is 19.3. The molecule has 0 bridgehead atoms. The number of Topliss-reactive ketones (excluding diaryl/α,β-unsaturated/α-hetero) is 1. The van der Waals surface area contributed by atoms with Crippen molar-refractivity contribution in [3.8, 4) is 5.75 Å². The maximum atomic E-state index is 12.8. The first-order valence-electron chi connectivity index (χ1n) is 4.21. The van der Waals surface area contributed by atoms with Gasteiger partial charge in [0.05, 0.1) is 0 Å². The zero-order valence-electron chi connectivity index (χ0n) is 7.97. The van der Waals surface area contributed by atoms with Gasteiger partial charge in [0.15, 0.2) is 0 Å². The number of halogens is 3. The van der Waals surface area contributed by atoms with E-state index in [1.54, 1.807) is 0 Å². The van der Waals surface area contributed by atoms with Crippen molar-refractivity contribution in [1.29, 1.82) is 0 Å². The van der Waals surface area contributed by atoms with Gasteiger partial charge in [-0.1, -0.05) is 0 Å². The molecule has 0 heterocycles.